The van der Waals surface area contributed by atoms with E-state index in [1.807, 2.05) is 6.92 Å². The minimum atomic E-state index is 0.403. The number of ether oxygens (including phenoxy) is 2. The first-order valence-corrected chi connectivity index (χ1v) is 4.75. The Hall–Kier alpha value is -0.120. The van der Waals surface area contributed by atoms with Gasteiger partial charge in [-0.15, -0.1) is 0 Å². The predicted octanol–water partition coefficient (Wildman–Crippen LogP) is 0.790. The zero-order valence-electron chi connectivity index (χ0n) is 8.01. The Labute approximate surface area is 74.4 Å². The van der Waals surface area contributed by atoms with Crippen LogP contribution in [0.25, 0.3) is 0 Å². The fraction of sp³-hybridized carbons (Fsp3) is 1.00. The van der Waals surface area contributed by atoms with Crippen molar-refractivity contribution in [1.82, 2.24) is 5.32 Å². The first-order valence-electron chi connectivity index (χ1n) is 4.75. The van der Waals surface area contributed by atoms with Crippen LogP contribution < -0.4 is 5.32 Å². The summed E-state index contributed by atoms with van der Waals surface area (Å²) in [5.41, 5.74) is 0. The molecule has 1 fully saturated rings. The molecule has 0 unspecified atom stereocenters. The third kappa shape index (κ3) is 3.52. The monoisotopic (exact) mass is 173 g/mol. The molecule has 0 aromatic rings. The first-order chi connectivity index (χ1) is 5.83. The molecule has 0 aliphatic carbocycles. The lowest BCUT2D eigenvalue weighted by molar-refractivity contribution is 0.0154. The Morgan fingerprint density at radius 3 is 2.83 bits per heavy atom. The number of hydrogen-bond acceptors (Lipinski definition) is 3. The highest BCUT2D eigenvalue weighted by molar-refractivity contribution is 4.78. The van der Waals surface area contributed by atoms with Crippen LogP contribution in [0.2, 0.25) is 0 Å². The van der Waals surface area contributed by atoms with Crippen molar-refractivity contribution in [3.63, 3.8) is 0 Å². The molecule has 0 saturated carbocycles. The largest absolute Gasteiger partial charge is 0.379 e. The minimum absolute atomic E-state index is 0.403. The van der Waals surface area contributed by atoms with Crippen LogP contribution in [0.5, 0.6) is 0 Å². The van der Waals surface area contributed by atoms with Crippen molar-refractivity contribution in [1.29, 1.82) is 0 Å². The average molecular weight is 173 g/mol. The standard InChI is InChI=1S/C9H19NO2/c1-3-11-4-5-12-9-6-8(2)10-7-9/h8-10H,3-7H2,1-2H3/t8-,9-/m0/s1. The van der Waals surface area contributed by atoms with Gasteiger partial charge in [-0.05, 0) is 20.3 Å². The molecule has 0 bridgehead atoms. The molecule has 1 saturated heterocycles. The van der Waals surface area contributed by atoms with Gasteiger partial charge in [0.25, 0.3) is 0 Å². The van der Waals surface area contributed by atoms with Crippen LogP contribution in [0, 0.1) is 0 Å². The summed E-state index contributed by atoms with van der Waals surface area (Å²) >= 11 is 0. The van der Waals surface area contributed by atoms with Gasteiger partial charge < -0.3 is 14.8 Å². The smallest absolute Gasteiger partial charge is 0.0715 e. The number of nitrogens with one attached hydrogen (secondary N) is 1. The van der Waals surface area contributed by atoms with E-state index < -0.39 is 0 Å². The first kappa shape index (κ1) is 9.96. The molecule has 1 aliphatic rings. The van der Waals surface area contributed by atoms with Gasteiger partial charge in [-0.3, -0.25) is 0 Å². The molecule has 3 heteroatoms. The van der Waals surface area contributed by atoms with Crippen LogP contribution in [-0.2, 0) is 9.47 Å². The van der Waals surface area contributed by atoms with Crippen LogP contribution in [0.15, 0.2) is 0 Å². The highest BCUT2D eigenvalue weighted by atomic mass is 16.5. The van der Waals surface area contributed by atoms with Gasteiger partial charge in [0.1, 0.15) is 0 Å². The Morgan fingerprint density at radius 2 is 2.25 bits per heavy atom. The molecule has 0 aromatic carbocycles. The van der Waals surface area contributed by atoms with Crippen molar-refractivity contribution in [2.24, 2.45) is 0 Å². The summed E-state index contributed by atoms with van der Waals surface area (Å²) in [6, 6.07) is 0.613. The number of hydrogen-bond donors (Lipinski definition) is 1. The van der Waals surface area contributed by atoms with Crippen LogP contribution in [0.1, 0.15) is 20.3 Å². The van der Waals surface area contributed by atoms with Crippen LogP contribution >= 0.6 is 0 Å². The van der Waals surface area contributed by atoms with Crippen LogP contribution in [0.3, 0.4) is 0 Å². The molecule has 12 heavy (non-hydrogen) atoms. The molecule has 0 aromatic heterocycles. The van der Waals surface area contributed by atoms with Gasteiger partial charge in [0, 0.05) is 19.2 Å². The lowest BCUT2D eigenvalue weighted by Crippen LogP contribution is -2.20. The summed E-state index contributed by atoms with van der Waals surface area (Å²) in [5, 5.41) is 3.34. The second kappa shape index (κ2) is 5.51. The maximum atomic E-state index is 5.59. The maximum absolute atomic E-state index is 5.59. The van der Waals surface area contributed by atoms with Gasteiger partial charge in [-0.1, -0.05) is 0 Å². The van der Waals surface area contributed by atoms with E-state index >= 15 is 0 Å². The molecule has 1 rings (SSSR count). The Morgan fingerprint density at radius 1 is 1.42 bits per heavy atom. The van der Waals surface area contributed by atoms with Gasteiger partial charge in [-0.2, -0.15) is 0 Å². The summed E-state index contributed by atoms with van der Waals surface area (Å²) in [4.78, 5) is 0. The van der Waals surface area contributed by atoms with Crippen LogP contribution in [-0.4, -0.2) is 38.5 Å². The molecule has 3 nitrogen and oxygen atoms in total. The lowest BCUT2D eigenvalue weighted by Gasteiger charge is -2.09. The quantitative estimate of drug-likeness (QED) is 0.623. The molecule has 0 amide bonds. The van der Waals surface area contributed by atoms with Gasteiger partial charge in [0.15, 0.2) is 0 Å². The van der Waals surface area contributed by atoms with E-state index in [0.717, 1.165) is 32.8 Å². The van der Waals surface area contributed by atoms with E-state index in [-0.39, 0.29) is 0 Å². The fourth-order valence-electron chi connectivity index (χ4n) is 1.44. The summed E-state index contributed by atoms with van der Waals surface area (Å²) < 4.78 is 10.8. The minimum Gasteiger partial charge on any atom is -0.379 e. The van der Waals surface area contributed by atoms with Gasteiger partial charge >= 0.3 is 0 Å². The third-order valence-electron chi connectivity index (χ3n) is 2.10. The molecule has 0 spiro atoms. The normalized spacial score (nSPS) is 29.5. The molecule has 1 aliphatic heterocycles. The predicted molar refractivity (Wildman–Crippen MR) is 48.3 cm³/mol. The van der Waals surface area contributed by atoms with Crippen molar-refractivity contribution in [3.8, 4) is 0 Å². The molecular formula is C9H19NO2. The van der Waals surface area contributed by atoms with Gasteiger partial charge in [-0.25, -0.2) is 0 Å². The molecular weight excluding hydrogens is 154 g/mol. The van der Waals surface area contributed by atoms with Crippen molar-refractivity contribution in [3.05, 3.63) is 0 Å². The zero-order valence-corrected chi connectivity index (χ0v) is 8.01. The Balaban J connectivity index is 1.93. The fourth-order valence-corrected chi connectivity index (χ4v) is 1.44. The van der Waals surface area contributed by atoms with E-state index in [9.17, 15) is 0 Å². The SMILES string of the molecule is CCOCCO[C@@H]1CN[C@@H](C)C1. The Kier molecular flexibility index (Phi) is 4.58. The molecule has 72 valence electrons. The van der Waals surface area contributed by atoms with Crippen molar-refractivity contribution >= 4 is 0 Å². The topological polar surface area (TPSA) is 30.5 Å². The Bertz CT molecular complexity index is 119. The average Bonchev–Trinajstić information content (AvgIpc) is 2.45. The summed E-state index contributed by atoms with van der Waals surface area (Å²) in [7, 11) is 0. The molecule has 1 heterocycles. The maximum Gasteiger partial charge on any atom is 0.0715 e. The molecule has 2 atom stereocenters. The van der Waals surface area contributed by atoms with Crippen LogP contribution in [0.4, 0.5) is 0 Å². The summed E-state index contributed by atoms with van der Waals surface area (Å²) in [6.07, 6.45) is 1.53. The highest BCUT2D eigenvalue weighted by Gasteiger charge is 2.20. The molecule has 0 radical (unpaired) electrons. The van der Waals surface area contributed by atoms with Crippen molar-refractivity contribution in [2.45, 2.75) is 32.4 Å². The highest BCUT2D eigenvalue weighted by Crippen LogP contribution is 2.08. The summed E-state index contributed by atoms with van der Waals surface area (Å²) in [6.45, 7) is 7.41. The van der Waals surface area contributed by atoms with Gasteiger partial charge in [0.05, 0.1) is 19.3 Å². The van der Waals surface area contributed by atoms with E-state index in [0.29, 0.717) is 12.1 Å². The molecule has 1 N–H and O–H groups in total. The van der Waals surface area contributed by atoms with E-state index in [4.69, 9.17) is 9.47 Å². The van der Waals surface area contributed by atoms with E-state index in [2.05, 4.69) is 12.2 Å². The summed E-state index contributed by atoms with van der Waals surface area (Å²) in [5.74, 6) is 0. The van der Waals surface area contributed by atoms with Crippen molar-refractivity contribution in [2.75, 3.05) is 26.4 Å². The van der Waals surface area contributed by atoms with E-state index in [1.54, 1.807) is 0 Å². The van der Waals surface area contributed by atoms with Gasteiger partial charge in [0.2, 0.25) is 0 Å². The van der Waals surface area contributed by atoms with Crippen molar-refractivity contribution < 1.29 is 9.47 Å². The second-order valence-electron chi connectivity index (χ2n) is 3.23. The third-order valence-corrected chi connectivity index (χ3v) is 2.10. The lowest BCUT2D eigenvalue weighted by atomic mass is 10.2. The second-order valence-corrected chi connectivity index (χ2v) is 3.23. The zero-order chi connectivity index (χ0) is 8.81. The number of rotatable bonds is 5. The van der Waals surface area contributed by atoms with E-state index in [1.165, 1.54) is 0 Å².